The maximum Gasteiger partial charge on any atom is 0.240 e. The van der Waals surface area contributed by atoms with Crippen molar-refractivity contribution in [3.63, 3.8) is 0 Å². The van der Waals surface area contributed by atoms with E-state index >= 15 is 0 Å². The average Bonchev–Trinajstić information content (AvgIpc) is 3.08. The molecule has 0 saturated heterocycles. The van der Waals surface area contributed by atoms with Crippen molar-refractivity contribution < 1.29 is 4.79 Å². The van der Waals surface area contributed by atoms with Gasteiger partial charge in [0.05, 0.1) is 11.7 Å². The summed E-state index contributed by atoms with van der Waals surface area (Å²) in [5.74, 6) is -0.0412. The number of amides is 1. The predicted octanol–water partition coefficient (Wildman–Crippen LogP) is 2.30. The molecule has 1 atom stereocenters. The van der Waals surface area contributed by atoms with Crippen molar-refractivity contribution in [2.24, 2.45) is 5.73 Å². The molecule has 6 heteroatoms. The summed E-state index contributed by atoms with van der Waals surface area (Å²) >= 11 is 1.61. The van der Waals surface area contributed by atoms with Crippen LogP contribution >= 0.6 is 11.8 Å². The normalized spacial score (nSPS) is 12.9. The van der Waals surface area contributed by atoms with E-state index in [1.54, 1.807) is 34.6 Å². The molecule has 1 aromatic heterocycles. The van der Waals surface area contributed by atoms with E-state index in [4.69, 9.17) is 5.73 Å². The molecule has 0 spiro atoms. The fourth-order valence-corrected chi connectivity index (χ4v) is 2.54. The molecule has 1 amide bonds. The molecular weight excluding hydrogens is 308 g/mol. The highest BCUT2D eigenvalue weighted by atomic mass is 32.2. The van der Waals surface area contributed by atoms with E-state index in [2.05, 4.69) is 5.10 Å². The number of rotatable bonds is 6. The second kappa shape index (κ2) is 7.19. The Morgan fingerprint density at radius 1 is 1.39 bits per heavy atom. The summed E-state index contributed by atoms with van der Waals surface area (Å²) in [5, 5.41) is 4.20. The third kappa shape index (κ3) is 4.14. The van der Waals surface area contributed by atoms with E-state index < -0.39 is 6.04 Å². The third-order valence-electron chi connectivity index (χ3n) is 4.04. The van der Waals surface area contributed by atoms with Gasteiger partial charge in [-0.15, -0.1) is 0 Å². The number of aromatic nitrogens is 2. The van der Waals surface area contributed by atoms with Gasteiger partial charge in [-0.05, 0) is 43.9 Å². The second-order valence-electron chi connectivity index (χ2n) is 6.10. The van der Waals surface area contributed by atoms with Crippen LogP contribution in [0.1, 0.15) is 19.4 Å². The van der Waals surface area contributed by atoms with Crippen LogP contribution < -0.4 is 5.73 Å². The van der Waals surface area contributed by atoms with Gasteiger partial charge in [-0.1, -0.05) is 12.1 Å². The number of benzene rings is 1. The lowest BCUT2D eigenvalue weighted by molar-refractivity contribution is -0.132. The van der Waals surface area contributed by atoms with Gasteiger partial charge in [0.1, 0.15) is 0 Å². The first-order valence-corrected chi connectivity index (χ1v) is 8.72. The van der Waals surface area contributed by atoms with Crippen molar-refractivity contribution in [2.75, 3.05) is 13.3 Å². The molecule has 0 radical (unpaired) electrons. The van der Waals surface area contributed by atoms with Crippen LogP contribution in [0, 0.1) is 0 Å². The van der Waals surface area contributed by atoms with Crippen LogP contribution in [0.5, 0.6) is 0 Å². The van der Waals surface area contributed by atoms with Crippen LogP contribution in [0.15, 0.2) is 42.7 Å². The maximum absolute atomic E-state index is 12.5. The number of carbonyl (C=O) groups excluding carboxylic acids is 1. The summed E-state index contributed by atoms with van der Waals surface area (Å²) in [6, 6.07) is 9.36. The van der Waals surface area contributed by atoms with Crippen molar-refractivity contribution >= 4 is 17.7 Å². The molecule has 1 heterocycles. The molecule has 2 N–H and O–H groups in total. The van der Waals surface area contributed by atoms with Crippen molar-refractivity contribution in [1.29, 1.82) is 0 Å². The Balaban J connectivity index is 2.02. The monoisotopic (exact) mass is 332 g/mol. The Hall–Kier alpha value is -1.79. The Bertz CT molecular complexity index is 637. The first kappa shape index (κ1) is 17.6. The topological polar surface area (TPSA) is 64.2 Å². The summed E-state index contributed by atoms with van der Waals surface area (Å²) in [7, 11) is 1.79. The lowest BCUT2D eigenvalue weighted by atomic mass is 10.0. The van der Waals surface area contributed by atoms with E-state index in [1.807, 2.05) is 56.6 Å². The minimum absolute atomic E-state index is 0.0412. The standard InChI is InChI=1S/C17H24N4OS/c1-17(2,23-4)15(18)16(22)20(3)12-13-6-8-14(9-7-13)21-11-5-10-19-21/h5-11,15H,12,18H2,1-4H3/t15-/m1/s1. The van der Waals surface area contributed by atoms with Gasteiger partial charge in [-0.3, -0.25) is 4.79 Å². The van der Waals surface area contributed by atoms with Crippen LogP contribution in [0.3, 0.4) is 0 Å². The zero-order valence-electron chi connectivity index (χ0n) is 14.1. The molecule has 0 bridgehead atoms. The largest absolute Gasteiger partial charge is 0.340 e. The van der Waals surface area contributed by atoms with Crippen LogP contribution in [0.25, 0.3) is 5.69 Å². The highest BCUT2D eigenvalue weighted by Crippen LogP contribution is 2.25. The van der Waals surface area contributed by atoms with Gasteiger partial charge in [0.2, 0.25) is 5.91 Å². The fraction of sp³-hybridized carbons (Fsp3) is 0.412. The molecule has 2 rings (SSSR count). The molecule has 0 aliphatic rings. The third-order valence-corrected chi connectivity index (χ3v) is 5.35. The summed E-state index contributed by atoms with van der Waals surface area (Å²) in [6.07, 6.45) is 5.62. The Morgan fingerprint density at radius 2 is 2.04 bits per heavy atom. The lowest BCUT2D eigenvalue weighted by Gasteiger charge is -2.31. The van der Waals surface area contributed by atoms with Gasteiger partial charge in [0.25, 0.3) is 0 Å². The number of nitrogens with zero attached hydrogens (tertiary/aromatic N) is 3. The van der Waals surface area contributed by atoms with Crippen LogP contribution in [0.4, 0.5) is 0 Å². The molecule has 23 heavy (non-hydrogen) atoms. The molecule has 0 aliphatic carbocycles. The van der Waals surface area contributed by atoms with Gasteiger partial charge in [-0.25, -0.2) is 4.68 Å². The summed E-state index contributed by atoms with van der Waals surface area (Å²) in [4.78, 5) is 14.2. The van der Waals surface area contributed by atoms with Crippen molar-refractivity contribution in [3.05, 3.63) is 48.3 Å². The molecule has 1 aromatic carbocycles. The molecule has 0 fully saturated rings. The maximum atomic E-state index is 12.5. The number of nitrogens with two attached hydrogens (primary N) is 1. The highest BCUT2D eigenvalue weighted by Gasteiger charge is 2.33. The van der Waals surface area contributed by atoms with Gasteiger partial charge in [0.15, 0.2) is 0 Å². The summed E-state index contributed by atoms with van der Waals surface area (Å²) in [5.41, 5.74) is 8.18. The quantitative estimate of drug-likeness (QED) is 0.881. The number of likely N-dealkylation sites (N-methyl/N-ethyl adjacent to an activating group) is 1. The SMILES string of the molecule is CSC(C)(C)[C@H](N)C(=O)N(C)Cc1ccc(-n2cccn2)cc1. The van der Waals surface area contributed by atoms with Crippen molar-refractivity contribution in [1.82, 2.24) is 14.7 Å². The number of thioether (sulfide) groups is 1. The van der Waals surface area contributed by atoms with Crippen LogP contribution in [0.2, 0.25) is 0 Å². The minimum atomic E-state index is -0.522. The predicted molar refractivity (Wildman–Crippen MR) is 95.6 cm³/mol. The first-order valence-electron chi connectivity index (χ1n) is 7.50. The van der Waals surface area contributed by atoms with E-state index in [0.29, 0.717) is 6.54 Å². The van der Waals surface area contributed by atoms with Crippen LogP contribution in [-0.4, -0.2) is 44.7 Å². The van der Waals surface area contributed by atoms with Gasteiger partial charge >= 0.3 is 0 Å². The number of hydrogen-bond donors (Lipinski definition) is 1. The van der Waals surface area contributed by atoms with E-state index in [-0.39, 0.29) is 10.7 Å². The minimum Gasteiger partial charge on any atom is -0.340 e. The lowest BCUT2D eigenvalue weighted by Crippen LogP contribution is -2.52. The van der Waals surface area contributed by atoms with Gasteiger partial charge in [0, 0.05) is 30.7 Å². The first-order chi connectivity index (χ1) is 10.8. The fourth-order valence-electron chi connectivity index (χ4n) is 2.19. The summed E-state index contributed by atoms with van der Waals surface area (Å²) in [6.45, 7) is 4.52. The molecule has 0 aliphatic heterocycles. The van der Waals surface area contributed by atoms with Gasteiger partial charge < -0.3 is 10.6 Å². The smallest absolute Gasteiger partial charge is 0.240 e. The Morgan fingerprint density at radius 3 is 2.57 bits per heavy atom. The molecule has 2 aromatic rings. The second-order valence-corrected chi connectivity index (χ2v) is 7.56. The molecular formula is C17H24N4OS. The number of carbonyl (C=O) groups is 1. The van der Waals surface area contributed by atoms with E-state index in [1.165, 1.54) is 0 Å². The molecule has 0 unspecified atom stereocenters. The zero-order valence-corrected chi connectivity index (χ0v) is 14.9. The van der Waals surface area contributed by atoms with Crippen LogP contribution in [-0.2, 0) is 11.3 Å². The average molecular weight is 332 g/mol. The summed E-state index contributed by atoms with van der Waals surface area (Å²) < 4.78 is 1.52. The molecule has 0 saturated carbocycles. The molecule has 5 nitrogen and oxygen atoms in total. The van der Waals surface area contributed by atoms with E-state index in [9.17, 15) is 4.79 Å². The Kier molecular flexibility index (Phi) is 5.49. The number of hydrogen-bond acceptors (Lipinski definition) is 4. The van der Waals surface area contributed by atoms with Gasteiger partial charge in [-0.2, -0.15) is 16.9 Å². The zero-order chi connectivity index (χ0) is 17.0. The highest BCUT2D eigenvalue weighted by molar-refractivity contribution is 8.00. The Labute approximate surface area is 141 Å². The van der Waals surface area contributed by atoms with Crippen molar-refractivity contribution in [2.45, 2.75) is 31.2 Å². The van der Waals surface area contributed by atoms with Crippen molar-refractivity contribution in [3.8, 4) is 5.69 Å². The molecule has 124 valence electrons. The van der Waals surface area contributed by atoms with E-state index in [0.717, 1.165) is 11.3 Å².